The molecule has 4 N–H and O–H groups in total. The van der Waals surface area contributed by atoms with Crippen molar-refractivity contribution in [2.24, 2.45) is 5.92 Å². The molecule has 2 saturated carbocycles. The van der Waals surface area contributed by atoms with Crippen LogP contribution in [-0.4, -0.2) is 89.9 Å². The molecular formula is C38H45N5O9S. The summed E-state index contributed by atoms with van der Waals surface area (Å²) in [4.78, 5) is 60.3. The molecule has 15 heteroatoms. The van der Waals surface area contributed by atoms with Gasteiger partial charge in [0.05, 0.1) is 30.1 Å². The number of amides is 4. The molecule has 0 spiro atoms. The highest BCUT2D eigenvalue weighted by molar-refractivity contribution is 7.91. The van der Waals surface area contributed by atoms with E-state index in [4.69, 9.17) is 14.5 Å². The largest absolute Gasteiger partial charge is 0.497 e. The summed E-state index contributed by atoms with van der Waals surface area (Å²) >= 11 is 0. The fourth-order valence-corrected chi connectivity index (χ4v) is 9.10. The molecule has 282 valence electrons. The first kappa shape index (κ1) is 36.4. The normalized spacial score (nSPS) is 26.6. The van der Waals surface area contributed by atoms with Crippen molar-refractivity contribution in [3.63, 3.8) is 0 Å². The SMILES string of the molecule is COc1ccc2c(O[C@@H]3C[C@H]4C(=O)N[C@]5(C(=O)NS(=O)(=O)C6CC6)C[C@H]5CCCCCCC[C@H](NC(=O)O)C(=O)N4C3)cc(-c3ccccc3)nc2c1. The molecule has 2 aliphatic heterocycles. The maximum Gasteiger partial charge on any atom is 0.405 e. The second-order valence-electron chi connectivity index (χ2n) is 14.6. The van der Waals surface area contributed by atoms with Crippen LogP contribution in [0.2, 0.25) is 0 Å². The fourth-order valence-electron chi connectivity index (χ4n) is 7.74. The van der Waals surface area contributed by atoms with Gasteiger partial charge >= 0.3 is 6.09 Å². The molecule has 14 nitrogen and oxygen atoms in total. The van der Waals surface area contributed by atoms with Crippen LogP contribution in [0.4, 0.5) is 4.79 Å². The molecule has 5 atom stereocenters. The number of fused-ring (bicyclic) bond motifs is 3. The lowest BCUT2D eigenvalue weighted by Gasteiger charge is -2.29. The molecule has 0 bridgehead atoms. The van der Waals surface area contributed by atoms with Crippen molar-refractivity contribution < 1.29 is 42.2 Å². The van der Waals surface area contributed by atoms with Crippen LogP contribution in [0, 0.1) is 5.92 Å². The molecule has 2 aromatic carbocycles. The highest BCUT2D eigenvalue weighted by Gasteiger charge is 2.62. The molecule has 4 fully saturated rings. The molecule has 4 amide bonds. The van der Waals surface area contributed by atoms with Gasteiger partial charge in [-0.2, -0.15) is 0 Å². The minimum Gasteiger partial charge on any atom is -0.497 e. The number of sulfonamides is 1. The summed E-state index contributed by atoms with van der Waals surface area (Å²) in [5.41, 5.74) is 0.672. The van der Waals surface area contributed by atoms with Crippen LogP contribution in [0.25, 0.3) is 22.2 Å². The first-order chi connectivity index (χ1) is 25.5. The van der Waals surface area contributed by atoms with Gasteiger partial charge in [0.25, 0.3) is 5.91 Å². The first-order valence-corrected chi connectivity index (χ1v) is 19.9. The number of carboxylic acid groups (broad SMARTS) is 1. The van der Waals surface area contributed by atoms with Crippen LogP contribution < -0.4 is 24.8 Å². The predicted molar refractivity (Wildman–Crippen MR) is 195 cm³/mol. The minimum atomic E-state index is -3.88. The number of nitrogens with zero attached hydrogens (tertiary/aromatic N) is 2. The van der Waals surface area contributed by atoms with Crippen LogP contribution in [0.3, 0.4) is 0 Å². The molecule has 0 unspecified atom stereocenters. The zero-order chi connectivity index (χ0) is 37.3. The van der Waals surface area contributed by atoms with E-state index in [1.807, 2.05) is 42.5 Å². The van der Waals surface area contributed by atoms with E-state index in [0.29, 0.717) is 53.8 Å². The highest BCUT2D eigenvalue weighted by Crippen LogP contribution is 2.48. The van der Waals surface area contributed by atoms with Gasteiger partial charge < -0.3 is 30.1 Å². The first-order valence-electron chi connectivity index (χ1n) is 18.4. The second-order valence-corrected chi connectivity index (χ2v) is 16.6. The van der Waals surface area contributed by atoms with E-state index < -0.39 is 62.8 Å². The van der Waals surface area contributed by atoms with Crippen LogP contribution in [0.5, 0.6) is 11.5 Å². The van der Waals surface area contributed by atoms with E-state index in [1.54, 1.807) is 19.2 Å². The molecule has 3 aromatic rings. The Morgan fingerprint density at radius 3 is 2.43 bits per heavy atom. The molecule has 1 aromatic heterocycles. The summed E-state index contributed by atoms with van der Waals surface area (Å²) in [6.07, 6.45) is 3.96. The number of carbonyl (C=O) groups excluding carboxylic acids is 3. The molecule has 2 aliphatic carbocycles. The number of hydrogen-bond acceptors (Lipinski definition) is 9. The Kier molecular flexibility index (Phi) is 10.2. The maximum absolute atomic E-state index is 14.3. The van der Waals surface area contributed by atoms with E-state index in [0.717, 1.165) is 31.2 Å². The lowest BCUT2D eigenvalue weighted by atomic mass is 10.0. The number of pyridine rings is 1. The van der Waals surface area contributed by atoms with Crippen molar-refractivity contribution >= 4 is 44.7 Å². The standard InChI is InChI=1S/C38H45N5O9S/c1-51-25-14-17-28-31(18-25)39-30(23-10-6-5-7-11-23)20-33(28)52-26-19-32-34(44)41-38(36(46)42-53(49,50)27-15-16-27)21-24(38)12-8-3-2-4-9-13-29(40-37(47)48)35(45)43(32)22-26/h5-7,10-11,14,17-18,20,24,26-27,29,32,40H,2-4,8-9,12-13,15-16,19,21-22H2,1H3,(H,41,44)(H,42,46)(H,47,48)/t24-,26-,29+,32+,38-/m1/s1. The Morgan fingerprint density at radius 1 is 0.981 bits per heavy atom. The van der Waals surface area contributed by atoms with Crippen molar-refractivity contribution in [3.8, 4) is 22.8 Å². The van der Waals surface area contributed by atoms with Crippen LogP contribution in [0.15, 0.2) is 54.6 Å². The molecule has 7 rings (SSSR count). The smallest absolute Gasteiger partial charge is 0.405 e. The Balaban J connectivity index is 1.21. The summed E-state index contributed by atoms with van der Waals surface area (Å²) in [5.74, 6) is -1.13. The van der Waals surface area contributed by atoms with Crippen LogP contribution in [-0.2, 0) is 24.4 Å². The van der Waals surface area contributed by atoms with Crippen molar-refractivity contribution in [2.75, 3.05) is 13.7 Å². The molecule has 3 heterocycles. The second kappa shape index (κ2) is 14.8. The fraction of sp³-hybridized carbons (Fsp3) is 0.500. The van der Waals surface area contributed by atoms with Crippen molar-refractivity contribution in [1.29, 1.82) is 0 Å². The van der Waals surface area contributed by atoms with E-state index in [9.17, 15) is 32.7 Å². The number of carbonyl (C=O) groups is 4. The van der Waals surface area contributed by atoms with Gasteiger partial charge in [-0.25, -0.2) is 18.2 Å². The number of aromatic nitrogens is 1. The summed E-state index contributed by atoms with van der Waals surface area (Å²) in [7, 11) is -2.31. The van der Waals surface area contributed by atoms with Crippen molar-refractivity contribution in [1.82, 2.24) is 25.2 Å². The number of rotatable bonds is 8. The number of ether oxygens (including phenoxy) is 2. The Hall–Kier alpha value is -4.92. The molecule has 2 saturated heterocycles. The lowest BCUT2D eigenvalue weighted by molar-refractivity contribution is -0.141. The van der Waals surface area contributed by atoms with Gasteiger partial charge in [-0.1, -0.05) is 62.4 Å². The summed E-state index contributed by atoms with van der Waals surface area (Å²) in [6.45, 7) is -0.0337. The van der Waals surface area contributed by atoms with Gasteiger partial charge in [0.2, 0.25) is 21.8 Å². The molecule has 0 radical (unpaired) electrons. The van der Waals surface area contributed by atoms with E-state index >= 15 is 0 Å². The van der Waals surface area contributed by atoms with Crippen molar-refractivity contribution in [2.45, 2.75) is 99.6 Å². The third-order valence-corrected chi connectivity index (χ3v) is 12.7. The van der Waals surface area contributed by atoms with Gasteiger partial charge in [-0.05, 0) is 50.2 Å². The monoisotopic (exact) mass is 747 g/mol. The Labute approximate surface area is 308 Å². The summed E-state index contributed by atoms with van der Waals surface area (Å²) < 4.78 is 40.0. The van der Waals surface area contributed by atoms with Gasteiger partial charge in [0, 0.05) is 29.5 Å². The highest BCUT2D eigenvalue weighted by atomic mass is 32.2. The topological polar surface area (TPSA) is 193 Å². The Bertz CT molecular complexity index is 2010. The number of hydrogen-bond donors (Lipinski definition) is 4. The third kappa shape index (κ3) is 7.90. The summed E-state index contributed by atoms with van der Waals surface area (Å²) in [5, 5.41) is 15.0. The minimum absolute atomic E-state index is 0.0337. The molecule has 4 aliphatic rings. The van der Waals surface area contributed by atoms with Gasteiger partial charge in [0.15, 0.2) is 0 Å². The zero-order valence-corrected chi connectivity index (χ0v) is 30.4. The molecular weight excluding hydrogens is 703 g/mol. The predicted octanol–water partition coefficient (Wildman–Crippen LogP) is 4.12. The lowest BCUT2D eigenvalue weighted by Crippen LogP contribution is -2.58. The number of benzene rings is 2. The zero-order valence-electron chi connectivity index (χ0n) is 29.6. The average Bonchev–Trinajstić information content (AvgIpc) is 4.07. The molecule has 53 heavy (non-hydrogen) atoms. The van der Waals surface area contributed by atoms with Crippen molar-refractivity contribution in [3.05, 3.63) is 54.6 Å². The van der Waals surface area contributed by atoms with Gasteiger partial charge in [-0.15, -0.1) is 0 Å². The van der Waals surface area contributed by atoms with Gasteiger partial charge in [0.1, 0.15) is 35.2 Å². The van der Waals surface area contributed by atoms with E-state index in [1.165, 1.54) is 4.90 Å². The quantitative estimate of drug-likeness (QED) is 0.261. The third-order valence-electron chi connectivity index (χ3n) is 10.9. The van der Waals surface area contributed by atoms with Crippen LogP contribution >= 0.6 is 0 Å². The average molecular weight is 748 g/mol. The Morgan fingerprint density at radius 2 is 1.72 bits per heavy atom. The van der Waals surface area contributed by atoms with E-state index in [2.05, 4.69) is 15.4 Å². The number of nitrogens with one attached hydrogen (secondary N) is 3. The van der Waals surface area contributed by atoms with E-state index in [-0.39, 0.29) is 31.7 Å². The van der Waals surface area contributed by atoms with Gasteiger partial charge in [-0.3, -0.25) is 19.1 Å². The number of methoxy groups -OCH3 is 1. The summed E-state index contributed by atoms with van der Waals surface area (Å²) in [6, 6.07) is 14.6. The maximum atomic E-state index is 14.3. The van der Waals surface area contributed by atoms with Crippen LogP contribution in [0.1, 0.15) is 70.6 Å².